The number of nitrogens with zero attached hydrogens (tertiary/aromatic N) is 2. The van der Waals surface area contributed by atoms with E-state index in [-0.39, 0.29) is 41.1 Å². The summed E-state index contributed by atoms with van der Waals surface area (Å²) >= 11 is 0. The number of rotatable bonds is 6. The molecular weight excluding hydrogens is 473 g/mol. The second kappa shape index (κ2) is 9.80. The van der Waals surface area contributed by atoms with Crippen molar-refractivity contribution in [3.8, 4) is 5.75 Å². The summed E-state index contributed by atoms with van der Waals surface area (Å²) in [5, 5.41) is 1.05. The number of fused-ring (bicyclic) bond motifs is 1. The lowest BCUT2D eigenvalue weighted by Gasteiger charge is -2.44. The van der Waals surface area contributed by atoms with E-state index in [2.05, 4.69) is 4.90 Å². The molecule has 2 unspecified atom stereocenters. The van der Waals surface area contributed by atoms with Crippen LogP contribution in [0.15, 0.2) is 59.5 Å². The van der Waals surface area contributed by atoms with Crippen molar-refractivity contribution in [2.24, 2.45) is 0 Å². The van der Waals surface area contributed by atoms with Crippen LogP contribution >= 0.6 is 0 Å². The number of halogens is 1. The van der Waals surface area contributed by atoms with Crippen LogP contribution in [0.5, 0.6) is 5.75 Å². The lowest BCUT2D eigenvalue weighted by Crippen LogP contribution is -2.58. The molecule has 1 heterocycles. The van der Waals surface area contributed by atoms with Gasteiger partial charge in [0.15, 0.2) is 6.61 Å². The minimum Gasteiger partial charge on any atom is -0.483 e. The molecule has 1 amide bonds. The number of nitrogen functional groups attached to an aromatic ring is 1. The molecule has 0 radical (unpaired) electrons. The molecule has 0 spiro atoms. The highest BCUT2D eigenvalue weighted by Crippen LogP contribution is 2.31. The molecule has 10 heteroatoms. The maximum absolute atomic E-state index is 13.2. The van der Waals surface area contributed by atoms with Gasteiger partial charge < -0.3 is 15.4 Å². The Hall–Kier alpha value is -3.21. The first-order valence-electron chi connectivity index (χ1n) is 11.2. The largest absolute Gasteiger partial charge is 0.483 e. The van der Waals surface area contributed by atoms with Crippen molar-refractivity contribution in [1.82, 2.24) is 9.80 Å². The van der Waals surface area contributed by atoms with Crippen LogP contribution in [0.3, 0.4) is 0 Å². The van der Waals surface area contributed by atoms with Crippen molar-refractivity contribution < 1.29 is 26.9 Å². The van der Waals surface area contributed by atoms with E-state index in [9.17, 15) is 22.2 Å². The van der Waals surface area contributed by atoms with Gasteiger partial charge in [0.1, 0.15) is 11.6 Å². The highest BCUT2D eigenvalue weighted by molar-refractivity contribution is 7.85. The predicted molar refractivity (Wildman–Crippen MR) is 131 cm³/mol. The smallest absolute Gasteiger partial charge is 0.294 e. The fourth-order valence-corrected chi connectivity index (χ4v) is 4.93. The monoisotopic (exact) mass is 501 g/mol. The number of nitrogens with two attached hydrogens (primary N) is 1. The molecule has 0 bridgehead atoms. The number of hydrogen-bond acceptors (Lipinski definition) is 6. The molecule has 1 fully saturated rings. The lowest BCUT2D eigenvalue weighted by atomic mass is 10.1. The molecular formula is C25H28FN3O5S. The van der Waals surface area contributed by atoms with Gasteiger partial charge in [0, 0.05) is 48.9 Å². The minimum absolute atomic E-state index is 0.0729. The minimum atomic E-state index is -4.47. The normalized spacial score (nSPS) is 19.1. The first kappa shape index (κ1) is 24.9. The van der Waals surface area contributed by atoms with E-state index >= 15 is 0 Å². The number of amides is 1. The van der Waals surface area contributed by atoms with Crippen LogP contribution in [0.4, 0.5) is 10.1 Å². The Morgan fingerprint density at radius 1 is 1.09 bits per heavy atom. The van der Waals surface area contributed by atoms with E-state index in [0.29, 0.717) is 36.1 Å². The highest BCUT2D eigenvalue weighted by Gasteiger charge is 2.32. The average Bonchev–Trinajstić information content (AvgIpc) is 2.80. The van der Waals surface area contributed by atoms with Crippen molar-refractivity contribution in [2.75, 3.05) is 25.4 Å². The van der Waals surface area contributed by atoms with Crippen LogP contribution in [0, 0.1) is 5.82 Å². The molecule has 2 atom stereocenters. The van der Waals surface area contributed by atoms with Crippen molar-refractivity contribution >= 4 is 32.5 Å². The zero-order valence-electron chi connectivity index (χ0n) is 19.5. The molecule has 186 valence electrons. The van der Waals surface area contributed by atoms with Gasteiger partial charge in [-0.05, 0) is 55.1 Å². The van der Waals surface area contributed by atoms with Crippen molar-refractivity contribution in [2.45, 2.75) is 37.4 Å². The molecule has 4 rings (SSSR count). The summed E-state index contributed by atoms with van der Waals surface area (Å²) < 4.78 is 51.9. The van der Waals surface area contributed by atoms with Gasteiger partial charge in [0.25, 0.3) is 16.0 Å². The average molecular weight is 502 g/mol. The molecule has 0 aliphatic carbocycles. The standard InChI is InChI=1S/C25H28FN3O5S/c1-16-13-29(17(2)12-28(16)14-18-3-6-20(26)7-4-18)25(30)15-34-24-11-22(35(31,32)33)9-19-5-8-21(27)10-23(19)24/h3-11,16-17H,12-15,27H2,1-2H3,(H,31,32,33). The second-order valence-electron chi connectivity index (χ2n) is 8.97. The van der Waals surface area contributed by atoms with Crippen LogP contribution in [0.2, 0.25) is 0 Å². The third-order valence-corrected chi connectivity index (χ3v) is 7.13. The van der Waals surface area contributed by atoms with Crippen molar-refractivity contribution in [3.63, 3.8) is 0 Å². The Morgan fingerprint density at radius 2 is 1.80 bits per heavy atom. The third kappa shape index (κ3) is 5.72. The summed E-state index contributed by atoms with van der Waals surface area (Å²) in [6.07, 6.45) is 0. The SMILES string of the molecule is CC1CN(C(=O)COc2cc(S(=O)(=O)O)cc3ccc(N)cc23)C(C)CN1Cc1ccc(F)cc1. The van der Waals surface area contributed by atoms with Gasteiger partial charge in [-0.2, -0.15) is 8.42 Å². The number of ether oxygens (including phenoxy) is 1. The second-order valence-corrected chi connectivity index (χ2v) is 10.4. The Morgan fingerprint density at radius 3 is 2.49 bits per heavy atom. The van der Waals surface area contributed by atoms with Crippen LogP contribution in [0.1, 0.15) is 19.4 Å². The van der Waals surface area contributed by atoms with E-state index in [0.717, 1.165) is 5.56 Å². The summed E-state index contributed by atoms with van der Waals surface area (Å²) in [7, 11) is -4.47. The first-order valence-corrected chi connectivity index (χ1v) is 12.7. The van der Waals surface area contributed by atoms with Gasteiger partial charge in [-0.1, -0.05) is 18.2 Å². The van der Waals surface area contributed by atoms with Gasteiger partial charge in [0.05, 0.1) is 4.90 Å². The maximum atomic E-state index is 13.2. The topological polar surface area (TPSA) is 113 Å². The molecule has 8 nitrogen and oxygen atoms in total. The van der Waals surface area contributed by atoms with Gasteiger partial charge >= 0.3 is 0 Å². The Kier molecular flexibility index (Phi) is 6.98. The number of piperazine rings is 1. The summed E-state index contributed by atoms with van der Waals surface area (Å²) in [6, 6.07) is 13.8. The number of carbonyl (C=O) groups excluding carboxylic acids is 1. The number of carbonyl (C=O) groups is 1. The highest BCUT2D eigenvalue weighted by atomic mass is 32.2. The van der Waals surface area contributed by atoms with Gasteiger partial charge in [-0.3, -0.25) is 14.2 Å². The summed E-state index contributed by atoms with van der Waals surface area (Å²) in [5.74, 6) is -0.366. The quantitative estimate of drug-likeness (QED) is 0.394. The Balaban J connectivity index is 1.47. The molecule has 1 aliphatic rings. The van der Waals surface area contributed by atoms with E-state index in [1.807, 2.05) is 13.8 Å². The van der Waals surface area contributed by atoms with Gasteiger partial charge in [0.2, 0.25) is 0 Å². The zero-order chi connectivity index (χ0) is 25.3. The van der Waals surface area contributed by atoms with Gasteiger partial charge in [-0.25, -0.2) is 4.39 Å². The third-order valence-electron chi connectivity index (χ3n) is 6.30. The summed E-state index contributed by atoms with van der Waals surface area (Å²) in [5.41, 5.74) is 7.33. The molecule has 3 N–H and O–H groups in total. The molecule has 0 saturated carbocycles. The number of benzene rings is 3. The Bertz CT molecular complexity index is 1350. The molecule has 1 aliphatic heterocycles. The Labute approximate surface area is 203 Å². The first-order chi connectivity index (χ1) is 16.5. The lowest BCUT2D eigenvalue weighted by molar-refractivity contribution is -0.139. The maximum Gasteiger partial charge on any atom is 0.294 e. The van der Waals surface area contributed by atoms with E-state index < -0.39 is 10.1 Å². The van der Waals surface area contributed by atoms with Gasteiger partial charge in [-0.15, -0.1) is 0 Å². The molecule has 35 heavy (non-hydrogen) atoms. The fourth-order valence-electron chi connectivity index (χ4n) is 4.40. The van der Waals surface area contributed by atoms with E-state index in [4.69, 9.17) is 10.5 Å². The van der Waals surface area contributed by atoms with E-state index in [1.165, 1.54) is 24.3 Å². The fraction of sp³-hybridized carbons (Fsp3) is 0.320. The molecule has 3 aromatic carbocycles. The molecule has 1 saturated heterocycles. The van der Waals surface area contributed by atoms with Crippen LogP contribution in [-0.4, -0.2) is 60.5 Å². The number of anilines is 1. The zero-order valence-corrected chi connectivity index (χ0v) is 20.3. The van der Waals surface area contributed by atoms with Crippen molar-refractivity contribution in [3.05, 3.63) is 66.0 Å². The van der Waals surface area contributed by atoms with Crippen molar-refractivity contribution in [1.29, 1.82) is 0 Å². The van der Waals surface area contributed by atoms with Crippen LogP contribution in [0.25, 0.3) is 10.8 Å². The van der Waals surface area contributed by atoms with E-state index in [1.54, 1.807) is 35.2 Å². The number of hydrogen-bond donors (Lipinski definition) is 2. The van der Waals surface area contributed by atoms with Crippen LogP contribution in [-0.2, 0) is 21.5 Å². The molecule has 3 aromatic rings. The van der Waals surface area contributed by atoms with Crippen LogP contribution < -0.4 is 10.5 Å². The summed E-state index contributed by atoms with van der Waals surface area (Å²) in [6.45, 7) is 5.47. The summed E-state index contributed by atoms with van der Waals surface area (Å²) in [4.78, 5) is 16.7. The predicted octanol–water partition coefficient (Wildman–Crippen LogP) is 3.31. The molecule has 0 aromatic heterocycles.